The van der Waals surface area contributed by atoms with Crippen LogP contribution in [-0.2, 0) is 9.59 Å². The van der Waals surface area contributed by atoms with Gasteiger partial charge in [-0.05, 0) is 24.1 Å². The fraction of sp³-hybridized carbons (Fsp3) is 0.467. The summed E-state index contributed by atoms with van der Waals surface area (Å²) in [6.45, 7) is 2.78. The van der Waals surface area contributed by atoms with Gasteiger partial charge >= 0.3 is 0 Å². The van der Waals surface area contributed by atoms with Crippen molar-refractivity contribution in [1.29, 1.82) is 0 Å². The first kappa shape index (κ1) is 16.0. The van der Waals surface area contributed by atoms with Gasteiger partial charge in [-0.15, -0.1) is 0 Å². The van der Waals surface area contributed by atoms with Crippen molar-refractivity contribution in [1.82, 2.24) is 0 Å². The molecule has 0 bridgehead atoms. The number of hydrogen-bond acceptors (Lipinski definition) is 3. The molecule has 1 rings (SSSR count). The molecule has 0 fully saturated rings. The number of primary amides is 2. The first-order valence-electron chi connectivity index (χ1n) is 6.82. The SMILES string of the molecule is CCCCOc1ccc(C(CC(N)=O)CC(N)=O)cc1. The topological polar surface area (TPSA) is 95.4 Å². The molecule has 0 heterocycles. The van der Waals surface area contributed by atoms with Crippen molar-refractivity contribution in [3.05, 3.63) is 29.8 Å². The van der Waals surface area contributed by atoms with E-state index in [-0.39, 0.29) is 18.8 Å². The first-order chi connectivity index (χ1) is 9.52. The predicted octanol–water partition coefficient (Wildman–Crippen LogP) is 1.70. The smallest absolute Gasteiger partial charge is 0.218 e. The molecule has 5 nitrogen and oxygen atoms in total. The van der Waals surface area contributed by atoms with Crippen LogP contribution in [0.15, 0.2) is 24.3 Å². The van der Waals surface area contributed by atoms with Gasteiger partial charge in [0.25, 0.3) is 0 Å². The molecule has 0 aliphatic heterocycles. The molecule has 0 saturated heterocycles. The molecule has 2 amide bonds. The fourth-order valence-electron chi connectivity index (χ4n) is 1.96. The second kappa shape index (κ2) is 8.19. The number of hydrogen-bond donors (Lipinski definition) is 2. The number of ether oxygens (including phenoxy) is 1. The Balaban J connectivity index is 2.71. The van der Waals surface area contributed by atoms with Gasteiger partial charge in [0.15, 0.2) is 0 Å². The minimum absolute atomic E-state index is 0.110. The van der Waals surface area contributed by atoms with Crippen LogP contribution in [0, 0.1) is 0 Å². The van der Waals surface area contributed by atoms with Gasteiger partial charge in [0.1, 0.15) is 5.75 Å². The number of amides is 2. The lowest BCUT2D eigenvalue weighted by atomic mass is 9.92. The van der Waals surface area contributed by atoms with Gasteiger partial charge in [0.05, 0.1) is 6.61 Å². The normalized spacial score (nSPS) is 10.5. The monoisotopic (exact) mass is 278 g/mol. The van der Waals surface area contributed by atoms with E-state index in [4.69, 9.17) is 16.2 Å². The second-order valence-corrected chi connectivity index (χ2v) is 4.81. The van der Waals surface area contributed by atoms with E-state index in [2.05, 4.69) is 6.92 Å². The summed E-state index contributed by atoms with van der Waals surface area (Å²) in [7, 11) is 0. The quantitative estimate of drug-likeness (QED) is 0.673. The third kappa shape index (κ3) is 5.73. The van der Waals surface area contributed by atoms with Crippen LogP contribution in [-0.4, -0.2) is 18.4 Å². The molecular formula is C15H22N2O3. The molecule has 5 heteroatoms. The molecule has 110 valence electrons. The van der Waals surface area contributed by atoms with E-state index in [0.717, 1.165) is 24.2 Å². The number of unbranched alkanes of at least 4 members (excludes halogenated alkanes) is 1. The Labute approximate surface area is 119 Å². The van der Waals surface area contributed by atoms with Gasteiger partial charge in [0, 0.05) is 18.8 Å². The molecule has 0 aliphatic carbocycles. The maximum atomic E-state index is 11.1. The number of benzene rings is 1. The van der Waals surface area contributed by atoms with Crippen LogP contribution >= 0.6 is 0 Å². The van der Waals surface area contributed by atoms with E-state index in [1.807, 2.05) is 24.3 Å². The zero-order chi connectivity index (χ0) is 15.0. The predicted molar refractivity (Wildman–Crippen MR) is 77.2 cm³/mol. The molecule has 0 saturated carbocycles. The highest BCUT2D eigenvalue weighted by molar-refractivity contribution is 5.78. The summed E-state index contributed by atoms with van der Waals surface area (Å²) < 4.78 is 5.56. The maximum Gasteiger partial charge on any atom is 0.218 e. The van der Waals surface area contributed by atoms with Crippen LogP contribution in [0.4, 0.5) is 0 Å². The summed E-state index contributed by atoms with van der Waals surface area (Å²) in [6, 6.07) is 7.36. The van der Waals surface area contributed by atoms with E-state index < -0.39 is 11.8 Å². The summed E-state index contributed by atoms with van der Waals surface area (Å²) >= 11 is 0. The molecule has 0 spiro atoms. The molecule has 1 aromatic carbocycles. The fourth-order valence-corrected chi connectivity index (χ4v) is 1.96. The third-order valence-corrected chi connectivity index (χ3v) is 3.01. The van der Waals surface area contributed by atoms with Gasteiger partial charge in [-0.25, -0.2) is 0 Å². The van der Waals surface area contributed by atoms with E-state index in [1.165, 1.54) is 0 Å². The Morgan fingerprint density at radius 1 is 1.10 bits per heavy atom. The van der Waals surface area contributed by atoms with E-state index in [1.54, 1.807) is 0 Å². The van der Waals surface area contributed by atoms with Crippen molar-refractivity contribution >= 4 is 11.8 Å². The highest BCUT2D eigenvalue weighted by Gasteiger charge is 2.17. The molecule has 20 heavy (non-hydrogen) atoms. The van der Waals surface area contributed by atoms with Crippen LogP contribution in [0.3, 0.4) is 0 Å². The lowest BCUT2D eigenvalue weighted by Gasteiger charge is -2.14. The van der Waals surface area contributed by atoms with Gasteiger partial charge in [-0.1, -0.05) is 25.5 Å². The van der Waals surface area contributed by atoms with Crippen molar-refractivity contribution in [2.24, 2.45) is 11.5 Å². The third-order valence-electron chi connectivity index (χ3n) is 3.01. The van der Waals surface area contributed by atoms with Crippen LogP contribution in [0.1, 0.15) is 44.1 Å². The average Bonchev–Trinajstić information content (AvgIpc) is 2.38. The number of rotatable bonds is 9. The van der Waals surface area contributed by atoms with Crippen LogP contribution in [0.25, 0.3) is 0 Å². The molecule has 0 aliphatic rings. The molecule has 0 radical (unpaired) electrons. The highest BCUT2D eigenvalue weighted by Crippen LogP contribution is 2.25. The Hall–Kier alpha value is -2.04. The largest absolute Gasteiger partial charge is 0.494 e. The van der Waals surface area contributed by atoms with Crippen LogP contribution < -0.4 is 16.2 Å². The van der Waals surface area contributed by atoms with E-state index in [9.17, 15) is 9.59 Å². The van der Waals surface area contributed by atoms with Crippen molar-refractivity contribution in [3.8, 4) is 5.75 Å². The average molecular weight is 278 g/mol. The lowest BCUT2D eigenvalue weighted by Crippen LogP contribution is -2.20. The Morgan fingerprint density at radius 3 is 2.10 bits per heavy atom. The molecular weight excluding hydrogens is 256 g/mol. The molecule has 0 aromatic heterocycles. The zero-order valence-electron chi connectivity index (χ0n) is 11.8. The van der Waals surface area contributed by atoms with Gasteiger partial charge in [-0.2, -0.15) is 0 Å². The second-order valence-electron chi connectivity index (χ2n) is 4.81. The van der Waals surface area contributed by atoms with Crippen molar-refractivity contribution < 1.29 is 14.3 Å². The number of nitrogens with two attached hydrogens (primary N) is 2. The van der Waals surface area contributed by atoms with Crippen LogP contribution in [0.5, 0.6) is 5.75 Å². The Morgan fingerprint density at radius 2 is 1.65 bits per heavy atom. The van der Waals surface area contributed by atoms with Crippen molar-refractivity contribution in [3.63, 3.8) is 0 Å². The van der Waals surface area contributed by atoms with E-state index >= 15 is 0 Å². The minimum Gasteiger partial charge on any atom is -0.494 e. The maximum absolute atomic E-state index is 11.1. The number of carbonyl (C=O) groups is 2. The minimum atomic E-state index is -0.445. The highest BCUT2D eigenvalue weighted by atomic mass is 16.5. The van der Waals surface area contributed by atoms with Crippen molar-refractivity contribution in [2.45, 2.75) is 38.5 Å². The Bertz CT molecular complexity index is 427. The Kier molecular flexibility index (Phi) is 6.56. The summed E-state index contributed by atoms with van der Waals surface area (Å²) in [4.78, 5) is 22.1. The standard InChI is InChI=1S/C15H22N2O3/c1-2-3-8-20-13-6-4-11(5-7-13)12(9-14(16)18)10-15(17)19/h4-7,12H,2-3,8-10H2,1H3,(H2,16,18)(H2,17,19). The van der Waals surface area contributed by atoms with E-state index in [0.29, 0.717) is 6.61 Å². The summed E-state index contributed by atoms with van der Waals surface area (Å²) in [5.41, 5.74) is 11.3. The zero-order valence-corrected chi connectivity index (χ0v) is 11.8. The molecule has 0 unspecified atom stereocenters. The van der Waals surface area contributed by atoms with Gasteiger partial charge < -0.3 is 16.2 Å². The summed E-state index contributed by atoms with van der Waals surface area (Å²) in [6.07, 6.45) is 2.31. The molecule has 4 N–H and O–H groups in total. The summed E-state index contributed by atoms with van der Waals surface area (Å²) in [5, 5.41) is 0. The van der Waals surface area contributed by atoms with Crippen molar-refractivity contribution in [2.75, 3.05) is 6.61 Å². The van der Waals surface area contributed by atoms with Gasteiger partial charge in [0.2, 0.25) is 11.8 Å². The van der Waals surface area contributed by atoms with Crippen LogP contribution in [0.2, 0.25) is 0 Å². The molecule has 1 aromatic rings. The lowest BCUT2D eigenvalue weighted by molar-refractivity contribution is -0.119. The molecule has 0 atom stereocenters. The van der Waals surface area contributed by atoms with Gasteiger partial charge in [-0.3, -0.25) is 9.59 Å². The summed E-state index contributed by atoms with van der Waals surface area (Å²) in [5.74, 6) is -0.382. The number of carbonyl (C=O) groups excluding carboxylic acids is 2. The first-order valence-corrected chi connectivity index (χ1v) is 6.82.